The van der Waals surface area contributed by atoms with Crippen molar-refractivity contribution in [1.29, 1.82) is 0 Å². The topological polar surface area (TPSA) is 57.5 Å². The van der Waals surface area contributed by atoms with Crippen molar-refractivity contribution in [3.63, 3.8) is 0 Å². The molecule has 12 heavy (non-hydrogen) atoms. The lowest BCUT2D eigenvalue weighted by Gasteiger charge is -2.03. The van der Waals surface area contributed by atoms with Gasteiger partial charge in [0.25, 0.3) is 0 Å². The fourth-order valence-corrected chi connectivity index (χ4v) is 0.925. The molecule has 0 aliphatic rings. The minimum atomic E-state index is -1.30. The van der Waals surface area contributed by atoms with E-state index in [1.165, 1.54) is 0 Å². The van der Waals surface area contributed by atoms with E-state index in [1.807, 2.05) is 18.2 Å². The molecule has 1 aromatic rings. The predicted molar refractivity (Wildman–Crippen MR) is 43.8 cm³/mol. The number of carboxylic acids is 1. The van der Waals surface area contributed by atoms with Gasteiger partial charge in [0, 0.05) is 6.42 Å². The number of hydrogen-bond donors (Lipinski definition) is 2. The van der Waals surface area contributed by atoms with Crippen LogP contribution in [0, 0.1) is 0 Å². The molecular weight excluding hydrogens is 158 g/mol. The molecule has 0 bridgehead atoms. The first-order valence-electron chi connectivity index (χ1n) is 3.65. The molecule has 0 amide bonds. The molecule has 64 valence electrons. The SMILES string of the molecule is O=C(O)C([18OH])Cc1ccccc1. The van der Waals surface area contributed by atoms with Crippen LogP contribution in [0.5, 0.6) is 0 Å². The van der Waals surface area contributed by atoms with Crippen LogP contribution in [0.15, 0.2) is 30.3 Å². The molecule has 0 aliphatic carbocycles. The van der Waals surface area contributed by atoms with Gasteiger partial charge in [-0.25, -0.2) is 4.79 Å². The van der Waals surface area contributed by atoms with Gasteiger partial charge in [0.1, 0.15) is 0 Å². The average molecular weight is 168 g/mol. The molecule has 0 saturated carbocycles. The maximum absolute atomic E-state index is 10.3. The van der Waals surface area contributed by atoms with E-state index >= 15 is 0 Å². The van der Waals surface area contributed by atoms with Gasteiger partial charge in [-0.3, -0.25) is 0 Å². The molecule has 3 heteroatoms. The van der Waals surface area contributed by atoms with E-state index in [9.17, 15) is 4.79 Å². The van der Waals surface area contributed by atoms with Crippen LogP contribution in [0.25, 0.3) is 0 Å². The van der Waals surface area contributed by atoms with E-state index in [-0.39, 0.29) is 6.42 Å². The molecule has 1 atom stereocenters. The molecule has 0 spiro atoms. The maximum Gasteiger partial charge on any atom is 0.332 e. The summed E-state index contributed by atoms with van der Waals surface area (Å²) >= 11 is 0. The highest BCUT2D eigenvalue weighted by Crippen LogP contribution is 2.02. The summed E-state index contributed by atoms with van der Waals surface area (Å²) in [7, 11) is 0. The fourth-order valence-electron chi connectivity index (χ4n) is 0.925. The second-order valence-corrected chi connectivity index (χ2v) is 2.54. The molecule has 0 saturated heterocycles. The van der Waals surface area contributed by atoms with Gasteiger partial charge in [-0.15, -0.1) is 0 Å². The van der Waals surface area contributed by atoms with E-state index in [4.69, 9.17) is 10.2 Å². The molecule has 0 aromatic heterocycles. The summed E-state index contributed by atoms with van der Waals surface area (Å²) in [5, 5.41) is 17.4. The fraction of sp³-hybridized carbons (Fsp3) is 0.222. The van der Waals surface area contributed by atoms with E-state index in [0.717, 1.165) is 5.56 Å². The second-order valence-electron chi connectivity index (χ2n) is 2.54. The lowest BCUT2D eigenvalue weighted by molar-refractivity contribution is -0.146. The van der Waals surface area contributed by atoms with Gasteiger partial charge in [0.05, 0.1) is 0 Å². The Labute approximate surface area is 70.3 Å². The van der Waals surface area contributed by atoms with Gasteiger partial charge >= 0.3 is 5.97 Å². The number of rotatable bonds is 3. The monoisotopic (exact) mass is 168 g/mol. The number of aliphatic hydroxyl groups excluding tert-OH is 1. The largest absolute Gasteiger partial charge is 0.479 e. The Morgan fingerprint density at radius 1 is 1.42 bits per heavy atom. The predicted octanol–water partition coefficient (Wildman–Crippen LogP) is 0.675. The van der Waals surface area contributed by atoms with Gasteiger partial charge in [-0.1, -0.05) is 30.3 Å². The van der Waals surface area contributed by atoms with Crippen LogP contribution < -0.4 is 0 Å². The van der Waals surface area contributed by atoms with Crippen LogP contribution in [0.3, 0.4) is 0 Å². The van der Waals surface area contributed by atoms with Gasteiger partial charge in [0.2, 0.25) is 0 Å². The summed E-state index contributed by atoms with van der Waals surface area (Å²) in [5.74, 6) is -1.18. The quantitative estimate of drug-likeness (QED) is 0.652. The molecule has 1 unspecified atom stereocenters. The zero-order valence-electron chi connectivity index (χ0n) is 6.47. The molecule has 0 aliphatic heterocycles. The third-order valence-corrected chi connectivity index (χ3v) is 1.56. The van der Waals surface area contributed by atoms with Crippen molar-refractivity contribution in [2.75, 3.05) is 0 Å². The Balaban J connectivity index is 2.58. The number of hydrogen-bond acceptors (Lipinski definition) is 2. The van der Waals surface area contributed by atoms with Crippen molar-refractivity contribution in [1.82, 2.24) is 0 Å². The van der Waals surface area contributed by atoms with Crippen LogP contribution in [-0.4, -0.2) is 22.3 Å². The number of aliphatic hydroxyl groups is 1. The van der Waals surface area contributed by atoms with Crippen LogP contribution in [-0.2, 0) is 11.2 Å². The maximum atomic E-state index is 10.3. The van der Waals surface area contributed by atoms with Gasteiger partial charge in [-0.2, -0.15) is 0 Å². The number of benzene rings is 1. The van der Waals surface area contributed by atoms with Crippen molar-refractivity contribution >= 4 is 5.97 Å². The Kier molecular flexibility index (Phi) is 2.82. The smallest absolute Gasteiger partial charge is 0.332 e. The Hall–Kier alpha value is -1.35. The zero-order chi connectivity index (χ0) is 8.97. The van der Waals surface area contributed by atoms with Crippen molar-refractivity contribution in [2.45, 2.75) is 12.5 Å². The normalized spacial score (nSPS) is 12.4. The molecule has 0 radical (unpaired) electrons. The molecule has 3 nitrogen and oxygen atoms in total. The number of carbonyl (C=O) groups is 1. The van der Waals surface area contributed by atoms with Crippen molar-refractivity contribution in [3.8, 4) is 0 Å². The lowest BCUT2D eigenvalue weighted by Crippen LogP contribution is -2.21. The minimum Gasteiger partial charge on any atom is -0.479 e. The van der Waals surface area contributed by atoms with Crippen LogP contribution in [0.1, 0.15) is 5.56 Å². The van der Waals surface area contributed by atoms with Crippen molar-refractivity contribution < 1.29 is 15.0 Å². The standard InChI is InChI=1S/C9H10O3/c10-8(9(11)12)6-7-4-2-1-3-5-7/h1-5,8,10H,6H2,(H,11,12)/i10+2. The first-order valence-corrected chi connectivity index (χ1v) is 3.65. The van der Waals surface area contributed by atoms with E-state index < -0.39 is 12.1 Å². The Bertz CT molecular complexity index is 256. The Morgan fingerprint density at radius 3 is 2.50 bits per heavy atom. The number of carboxylic acid groups (broad SMARTS) is 1. The highest BCUT2D eigenvalue weighted by atomic mass is 18.2. The van der Waals surface area contributed by atoms with Crippen LogP contribution in [0.2, 0.25) is 0 Å². The van der Waals surface area contributed by atoms with Crippen LogP contribution in [0.4, 0.5) is 0 Å². The summed E-state index contributed by atoms with van der Waals surface area (Å²) in [5.41, 5.74) is 0.826. The first-order chi connectivity index (χ1) is 5.70. The molecule has 1 rings (SSSR count). The van der Waals surface area contributed by atoms with Gasteiger partial charge in [-0.05, 0) is 5.56 Å². The summed E-state index contributed by atoms with van der Waals surface area (Å²) in [4.78, 5) is 10.3. The van der Waals surface area contributed by atoms with Crippen molar-refractivity contribution in [3.05, 3.63) is 35.9 Å². The van der Waals surface area contributed by atoms with Gasteiger partial charge in [0.15, 0.2) is 6.10 Å². The third kappa shape index (κ3) is 2.36. The summed E-state index contributed by atoms with van der Waals surface area (Å²) < 4.78 is 0. The van der Waals surface area contributed by atoms with Crippen molar-refractivity contribution in [2.24, 2.45) is 0 Å². The second kappa shape index (κ2) is 3.88. The van der Waals surface area contributed by atoms with Gasteiger partial charge < -0.3 is 10.2 Å². The highest BCUT2D eigenvalue weighted by molar-refractivity contribution is 5.72. The summed E-state index contributed by atoms with van der Waals surface area (Å²) in [6.45, 7) is 0. The van der Waals surface area contributed by atoms with Crippen LogP contribution >= 0.6 is 0 Å². The molecule has 2 N–H and O–H groups in total. The molecule has 0 fully saturated rings. The third-order valence-electron chi connectivity index (χ3n) is 1.56. The molecule has 0 heterocycles. The molecular formula is C9H10O3. The number of aliphatic carboxylic acids is 1. The lowest BCUT2D eigenvalue weighted by atomic mass is 10.1. The zero-order valence-corrected chi connectivity index (χ0v) is 6.47. The van der Waals surface area contributed by atoms with E-state index in [1.54, 1.807) is 12.1 Å². The highest BCUT2D eigenvalue weighted by Gasteiger charge is 2.12. The summed E-state index contributed by atoms with van der Waals surface area (Å²) in [6, 6.07) is 9.03. The molecule has 1 aromatic carbocycles. The average Bonchev–Trinajstić information content (AvgIpc) is 2.06. The van der Waals surface area contributed by atoms with E-state index in [0.29, 0.717) is 0 Å². The summed E-state index contributed by atoms with van der Waals surface area (Å²) in [6.07, 6.45) is -1.14. The minimum absolute atomic E-state index is 0.163. The Morgan fingerprint density at radius 2 is 2.00 bits per heavy atom. The van der Waals surface area contributed by atoms with E-state index in [2.05, 4.69) is 0 Å². The first kappa shape index (κ1) is 8.74.